The number of aromatic nitrogens is 4. The Bertz CT molecular complexity index is 927. The zero-order valence-corrected chi connectivity index (χ0v) is 24.2. The Morgan fingerprint density at radius 1 is 0.750 bits per heavy atom. The molecule has 36 heavy (non-hydrogen) atoms. The maximum absolute atomic E-state index is 5.90. The highest BCUT2D eigenvalue weighted by Crippen LogP contribution is 2.29. The lowest BCUT2D eigenvalue weighted by molar-refractivity contribution is -0.121. The van der Waals surface area contributed by atoms with Gasteiger partial charge in [-0.15, -0.1) is 33.6 Å². The molecule has 0 fully saturated rings. The van der Waals surface area contributed by atoms with Gasteiger partial charge in [-0.2, -0.15) is 8.75 Å². The van der Waals surface area contributed by atoms with Gasteiger partial charge in [0.25, 0.3) is 11.8 Å². The van der Waals surface area contributed by atoms with Crippen molar-refractivity contribution >= 4 is 59.4 Å². The summed E-state index contributed by atoms with van der Waals surface area (Å²) in [6, 6.07) is 0. The van der Waals surface area contributed by atoms with Gasteiger partial charge in [-0.25, -0.2) is 0 Å². The van der Waals surface area contributed by atoms with Crippen LogP contribution in [0.15, 0.2) is 12.2 Å². The highest BCUT2D eigenvalue weighted by Gasteiger charge is 2.21. The molecule has 0 aliphatic carbocycles. The average Bonchev–Trinajstić information content (AvgIpc) is 3.46. The first-order chi connectivity index (χ1) is 16.5. The summed E-state index contributed by atoms with van der Waals surface area (Å²) < 4.78 is 40.8. The van der Waals surface area contributed by atoms with Crippen LogP contribution in [0.4, 0.5) is 0 Å². The van der Waals surface area contributed by atoms with E-state index in [1.54, 1.807) is 0 Å². The number of ether oxygens (including phenoxy) is 4. The average molecular weight is 582 g/mol. The topological polar surface area (TPSA) is 95.0 Å². The zero-order valence-electron chi connectivity index (χ0n) is 20.9. The van der Waals surface area contributed by atoms with Crippen molar-refractivity contribution in [1.82, 2.24) is 27.3 Å². The zero-order chi connectivity index (χ0) is 23.9. The van der Waals surface area contributed by atoms with E-state index in [0.29, 0.717) is 25.0 Å². The summed E-state index contributed by atoms with van der Waals surface area (Å²) in [5.41, 5.74) is 3.89. The summed E-state index contributed by atoms with van der Waals surface area (Å²) in [5.74, 6) is 1.03. The van der Waals surface area contributed by atoms with E-state index in [2.05, 4.69) is 53.5 Å². The van der Waals surface area contributed by atoms with Crippen LogP contribution in [0.3, 0.4) is 0 Å². The molecule has 0 bridgehead atoms. The molecule has 0 saturated carbocycles. The molecule has 4 heterocycles. The molecule has 2 unspecified atom stereocenters. The van der Waals surface area contributed by atoms with Crippen molar-refractivity contribution < 1.29 is 18.9 Å². The van der Waals surface area contributed by atoms with Crippen LogP contribution in [0.25, 0.3) is 11.1 Å². The number of rotatable bonds is 11. The molecule has 2 aromatic heterocycles. The molecular formula is C22H34Cl2N6O4S2. The third-order valence-electron chi connectivity index (χ3n) is 5.55. The number of halogens is 2. The predicted octanol–water partition coefficient (Wildman–Crippen LogP) is 3.85. The van der Waals surface area contributed by atoms with E-state index >= 15 is 0 Å². The maximum atomic E-state index is 5.90. The van der Waals surface area contributed by atoms with Gasteiger partial charge in [0.15, 0.2) is 12.6 Å². The van der Waals surface area contributed by atoms with Crippen LogP contribution in [0, 0.1) is 0 Å². The Kier molecular flexibility index (Phi) is 13.0. The van der Waals surface area contributed by atoms with Gasteiger partial charge in [0.05, 0.1) is 36.7 Å². The minimum Gasteiger partial charge on any atom is -0.446 e. The lowest BCUT2D eigenvalue weighted by atomic mass is 10.1. The highest BCUT2D eigenvalue weighted by atomic mass is 35.5. The molecule has 0 spiro atoms. The molecule has 0 amide bonds. The van der Waals surface area contributed by atoms with Crippen molar-refractivity contribution in [2.45, 2.75) is 39.3 Å². The Morgan fingerprint density at radius 2 is 1.17 bits per heavy atom. The molecule has 2 aliphatic heterocycles. The van der Waals surface area contributed by atoms with Crippen LogP contribution in [0.5, 0.6) is 11.8 Å². The normalized spacial score (nSPS) is 18.3. The van der Waals surface area contributed by atoms with Crippen molar-refractivity contribution in [3.63, 3.8) is 0 Å². The SMILES string of the molecule is CC(OCCOC(C)Oc1nsnc1C1=CCCN(C)C1)Oc1nsnc1C1=CCCN(C)C1.Cl.Cl. The van der Waals surface area contributed by atoms with Crippen molar-refractivity contribution in [1.29, 1.82) is 0 Å². The highest BCUT2D eigenvalue weighted by molar-refractivity contribution is 6.99. The van der Waals surface area contributed by atoms with Gasteiger partial charge in [0.1, 0.15) is 11.4 Å². The summed E-state index contributed by atoms with van der Waals surface area (Å²) in [6.07, 6.45) is 5.45. The number of likely N-dealkylation sites (N-methyl/N-ethyl adjacent to an activating group) is 2. The lowest BCUT2D eigenvalue weighted by Gasteiger charge is -2.23. The number of hydrogen-bond donors (Lipinski definition) is 0. The van der Waals surface area contributed by atoms with Gasteiger partial charge in [-0.3, -0.25) is 0 Å². The number of hydrogen-bond acceptors (Lipinski definition) is 12. The third-order valence-corrected chi connectivity index (χ3v) is 6.58. The van der Waals surface area contributed by atoms with E-state index in [9.17, 15) is 0 Å². The van der Waals surface area contributed by atoms with Gasteiger partial charge in [0, 0.05) is 26.2 Å². The van der Waals surface area contributed by atoms with Crippen LogP contribution < -0.4 is 9.47 Å². The Morgan fingerprint density at radius 3 is 1.56 bits per heavy atom. The monoisotopic (exact) mass is 580 g/mol. The largest absolute Gasteiger partial charge is 0.446 e. The van der Waals surface area contributed by atoms with Crippen molar-refractivity contribution in [3.8, 4) is 11.8 Å². The second kappa shape index (κ2) is 15.1. The first kappa shape index (κ1) is 30.8. The van der Waals surface area contributed by atoms with E-state index in [-0.39, 0.29) is 24.8 Å². The molecule has 14 heteroatoms. The quantitative estimate of drug-likeness (QED) is 0.288. The molecule has 0 N–H and O–H groups in total. The third kappa shape index (κ3) is 8.59. The summed E-state index contributed by atoms with van der Waals surface area (Å²) >= 11 is 2.30. The first-order valence-electron chi connectivity index (χ1n) is 11.5. The Balaban J connectivity index is 0.00000228. The Hall–Kier alpha value is -1.38. The van der Waals surface area contributed by atoms with Crippen LogP contribution in [-0.4, -0.2) is 93.4 Å². The fourth-order valence-electron chi connectivity index (χ4n) is 3.85. The Labute approximate surface area is 233 Å². The summed E-state index contributed by atoms with van der Waals surface area (Å²) in [5, 5.41) is 0. The van der Waals surface area contributed by atoms with Crippen molar-refractivity contribution in [3.05, 3.63) is 23.5 Å². The molecule has 202 valence electrons. The second-order valence-corrected chi connectivity index (χ2v) is 9.52. The van der Waals surface area contributed by atoms with Gasteiger partial charge in [-0.1, -0.05) is 12.2 Å². The lowest BCUT2D eigenvalue weighted by Crippen LogP contribution is -2.26. The molecule has 2 atom stereocenters. The summed E-state index contributed by atoms with van der Waals surface area (Å²) in [4.78, 5) is 4.52. The second-order valence-electron chi connectivity index (χ2n) is 8.46. The standard InChI is InChI=1S/C22H32N6O4S2.2ClH/c1-15(31-21-19(23-33-25-21)17-7-5-9-27(3)13-17)29-11-12-30-16(2)32-22-20(24-34-26-22)18-8-6-10-28(4)14-18;;/h7-8,15-16H,5-6,9-14H2,1-4H3;2*1H. The molecule has 4 rings (SSSR count). The molecule has 0 saturated heterocycles. The first-order valence-corrected chi connectivity index (χ1v) is 12.9. The molecule has 0 aromatic carbocycles. The van der Waals surface area contributed by atoms with Gasteiger partial charge >= 0.3 is 0 Å². The molecular weight excluding hydrogens is 547 g/mol. The van der Waals surface area contributed by atoms with Crippen LogP contribution in [0.1, 0.15) is 38.1 Å². The summed E-state index contributed by atoms with van der Waals surface area (Å²) in [6.45, 7) is 8.17. The smallest absolute Gasteiger partial charge is 0.255 e. The minimum atomic E-state index is -0.478. The van der Waals surface area contributed by atoms with E-state index in [4.69, 9.17) is 18.9 Å². The van der Waals surface area contributed by atoms with Crippen LogP contribution in [0.2, 0.25) is 0 Å². The van der Waals surface area contributed by atoms with Gasteiger partial charge in [0.2, 0.25) is 0 Å². The minimum absolute atomic E-state index is 0. The van der Waals surface area contributed by atoms with E-state index in [1.807, 2.05) is 13.8 Å². The molecule has 2 aliphatic rings. The van der Waals surface area contributed by atoms with E-state index in [0.717, 1.165) is 85.0 Å². The molecule has 0 radical (unpaired) electrons. The summed E-state index contributed by atoms with van der Waals surface area (Å²) in [7, 11) is 4.20. The predicted molar refractivity (Wildman–Crippen MR) is 147 cm³/mol. The van der Waals surface area contributed by atoms with Gasteiger partial charge in [-0.05, 0) is 51.9 Å². The van der Waals surface area contributed by atoms with E-state index in [1.165, 1.54) is 0 Å². The molecule has 10 nitrogen and oxygen atoms in total. The van der Waals surface area contributed by atoms with Crippen LogP contribution in [-0.2, 0) is 9.47 Å². The number of nitrogens with zero attached hydrogens (tertiary/aromatic N) is 6. The fourth-order valence-corrected chi connectivity index (χ4v) is 4.89. The fraction of sp³-hybridized carbons (Fsp3) is 0.636. The van der Waals surface area contributed by atoms with Crippen molar-refractivity contribution in [2.75, 3.05) is 53.5 Å². The van der Waals surface area contributed by atoms with Gasteiger partial charge < -0.3 is 28.7 Å². The maximum Gasteiger partial charge on any atom is 0.255 e. The van der Waals surface area contributed by atoms with E-state index < -0.39 is 12.6 Å². The van der Waals surface area contributed by atoms with Crippen molar-refractivity contribution in [2.24, 2.45) is 0 Å². The molecule has 2 aromatic rings. The van der Waals surface area contributed by atoms with Crippen LogP contribution >= 0.6 is 48.3 Å².